The Labute approximate surface area is 156 Å². The van der Waals surface area contributed by atoms with E-state index in [4.69, 9.17) is 17.3 Å². The van der Waals surface area contributed by atoms with Gasteiger partial charge in [-0.3, -0.25) is 4.79 Å². The van der Waals surface area contributed by atoms with E-state index >= 15 is 0 Å². The summed E-state index contributed by atoms with van der Waals surface area (Å²) in [7, 11) is 1.99. The van der Waals surface area contributed by atoms with Crippen molar-refractivity contribution in [2.24, 2.45) is 7.05 Å². The molecule has 1 atom stereocenters. The fraction of sp³-hybridized carbons (Fsp3) is 0.444. The van der Waals surface area contributed by atoms with Gasteiger partial charge in [-0.15, -0.1) is 0 Å². The molecule has 0 aliphatic heterocycles. The molecule has 1 unspecified atom stereocenters. The molecule has 0 spiro atoms. The molecule has 0 amide bonds. The molecule has 8 heteroatoms. The number of rotatable bonds is 6. The molecule has 3 aromatic rings. The number of nitrogens with zero attached hydrogens (tertiary/aromatic N) is 4. The Bertz CT molecular complexity index is 1060. The van der Waals surface area contributed by atoms with Gasteiger partial charge in [0.15, 0.2) is 12.5 Å². The molecule has 136 valence electrons. The van der Waals surface area contributed by atoms with Gasteiger partial charge in [-0.25, -0.2) is 4.98 Å². The van der Waals surface area contributed by atoms with Crippen LogP contribution in [-0.4, -0.2) is 30.9 Å². The highest BCUT2D eigenvalue weighted by Gasteiger charge is 2.29. The van der Waals surface area contributed by atoms with Gasteiger partial charge in [0.25, 0.3) is 5.56 Å². The van der Waals surface area contributed by atoms with Crippen molar-refractivity contribution in [3.63, 3.8) is 0 Å². The normalized spacial score (nSPS) is 15.5. The average Bonchev–Trinajstić information content (AvgIpc) is 3.44. The van der Waals surface area contributed by atoms with E-state index in [0.717, 1.165) is 22.7 Å². The number of quaternary nitrogens is 1. The molecule has 7 nitrogen and oxygen atoms in total. The van der Waals surface area contributed by atoms with Crippen LogP contribution in [0.5, 0.6) is 0 Å². The summed E-state index contributed by atoms with van der Waals surface area (Å²) in [6, 6.07) is 7.41. The molecule has 1 saturated carbocycles. The smallest absolute Gasteiger partial charge is 0.258 e. The lowest BCUT2D eigenvalue weighted by Crippen LogP contribution is -3.09. The molecule has 1 aliphatic carbocycles. The van der Waals surface area contributed by atoms with Crippen LogP contribution >= 0.6 is 12.2 Å². The van der Waals surface area contributed by atoms with Gasteiger partial charge in [0, 0.05) is 13.0 Å². The van der Waals surface area contributed by atoms with E-state index in [1.54, 1.807) is 6.07 Å². The van der Waals surface area contributed by atoms with Crippen LogP contribution in [0.1, 0.15) is 37.3 Å². The third-order valence-electron chi connectivity index (χ3n) is 4.97. The number of para-hydroxylation sites is 1. The summed E-state index contributed by atoms with van der Waals surface area (Å²) in [6.07, 6.45) is 2.40. The maximum Gasteiger partial charge on any atom is 0.258 e. The van der Waals surface area contributed by atoms with Gasteiger partial charge in [-0.1, -0.05) is 12.1 Å². The largest absolute Gasteiger partial charge is 0.310 e. The lowest BCUT2D eigenvalue weighted by molar-refractivity contribution is -0.935. The minimum absolute atomic E-state index is 0.0912. The van der Waals surface area contributed by atoms with Crippen LogP contribution in [0.4, 0.5) is 0 Å². The Kier molecular flexibility index (Phi) is 4.46. The number of hydrogen-bond acceptors (Lipinski definition) is 4. The van der Waals surface area contributed by atoms with Crippen molar-refractivity contribution >= 4 is 23.1 Å². The number of hydrogen-bond donors (Lipinski definition) is 2. The number of aromatic amines is 1. The van der Waals surface area contributed by atoms with E-state index in [9.17, 15) is 4.79 Å². The number of nitrogens with one attached hydrogen (secondary N) is 2. The van der Waals surface area contributed by atoms with Crippen molar-refractivity contribution in [1.82, 2.24) is 24.3 Å². The van der Waals surface area contributed by atoms with Crippen molar-refractivity contribution < 1.29 is 4.90 Å². The Morgan fingerprint density at radius 3 is 2.85 bits per heavy atom. The second kappa shape index (κ2) is 6.77. The molecule has 2 aromatic heterocycles. The summed E-state index contributed by atoms with van der Waals surface area (Å²) in [6.45, 7) is 4.27. The molecule has 1 aromatic carbocycles. The molecule has 2 N–H and O–H groups in total. The van der Waals surface area contributed by atoms with E-state index in [2.05, 4.69) is 16.9 Å². The molecule has 4 rings (SSSR count). The molecule has 2 heterocycles. The van der Waals surface area contributed by atoms with Gasteiger partial charge in [-0.2, -0.15) is 9.78 Å². The Hall–Kier alpha value is -2.32. The summed E-state index contributed by atoms with van der Waals surface area (Å²) >= 11 is 5.55. The third-order valence-corrected chi connectivity index (χ3v) is 5.45. The minimum atomic E-state index is -0.0912. The van der Waals surface area contributed by atoms with Crippen LogP contribution in [0.25, 0.3) is 10.9 Å². The van der Waals surface area contributed by atoms with Crippen LogP contribution < -0.4 is 10.5 Å². The predicted molar refractivity (Wildman–Crippen MR) is 102 cm³/mol. The average molecular weight is 371 g/mol. The Morgan fingerprint density at radius 1 is 1.35 bits per heavy atom. The first kappa shape index (κ1) is 17.1. The molecular formula is C18H23N6OS+. The van der Waals surface area contributed by atoms with Gasteiger partial charge in [0.05, 0.1) is 17.4 Å². The molecule has 1 fully saturated rings. The fourth-order valence-corrected chi connectivity index (χ4v) is 3.46. The second-order valence-corrected chi connectivity index (χ2v) is 7.31. The van der Waals surface area contributed by atoms with Crippen LogP contribution in [0.2, 0.25) is 0 Å². The SMILES string of the molecule is CC[NH+](Cc1nc2ccccc2c(=O)[nH]1)Cn1nc(C2CC2)n(C)c1=S. The summed E-state index contributed by atoms with van der Waals surface area (Å²) in [5.74, 6) is 2.34. The first-order valence-electron chi connectivity index (χ1n) is 9.02. The lowest BCUT2D eigenvalue weighted by Gasteiger charge is -2.16. The highest BCUT2D eigenvalue weighted by molar-refractivity contribution is 7.71. The maximum absolute atomic E-state index is 12.3. The zero-order valence-corrected chi connectivity index (χ0v) is 15.8. The van der Waals surface area contributed by atoms with E-state index in [0.29, 0.717) is 30.3 Å². The van der Waals surface area contributed by atoms with Crippen molar-refractivity contribution in [1.29, 1.82) is 0 Å². The predicted octanol–water partition coefficient (Wildman–Crippen LogP) is 1.13. The fourth-order valence-electron chi connectivity index (χ4n) is 3.26. The van der Waals surface area contributed by atoms with Gasteiger partial charge in [0.1, 0.15) is 12.4 Å². The van der Waals surface area contributed by atoms with Crippen molar-refractivity contribution in [3.8, 4) is 0 Å². The van der Waals surface area contributed by atoms with Crippen LogP contribution in [0.3, 0.4) is 0 Å². The van der Waals surface area contributed by atoms with Crippen LogP contribution in [-0.2, 0) is 20.3 Å². The van der Waals surface area contributed by atoms with E-state index in [1.807, 2.05) is 34.5 Å². The number of aromatic nitrogens is 5. The molecule has 26 heavy (non-hydrogen) atoms. The molecular weight excluding hydrogens is 348 g/mol. The molecule has 0 bridgehead atoms. The summed E-state index contributed by atoms with van der Waals surface area (Å²) < 4.78 is 4.68. The van der Waals surface area contributed by atoms with Gasteiger partial charge in [-0.05, 0) is 44.1 Å². The van der Waals surface area contributed by atoms with Gasteiger partial charge < -0.3 is 14.5 Å². The second-order valence-electron chi connectivity index (χ2n) is 6.94. The summed E-state index contributed by atoms with van der Waals surface area (Å²) in [5.41, 5.74) is 0.638. The molecule has 0 radical (unpaired) electrons. The van der Waals surface area contributed by atoms with E-state index in [1.165, 1.54) is 17.7 Å². The van der Waals surface area contributed by atoms with E-state index < -0.39 is 0 Å². The quantitative estimate of drug-likeness (QED) is 0.637. The lowest BCUT2D eigenvalue weighted by atomic mass is 10.2. The molecule has 0 saturated heterocycles. The van der Waals surface area contributed by atoms with Crippen LogP contribution in [0, 0.1) is 4.77 Å². The van der Waals surface area contributed by atoms with Crippen LogP contribution in [0.15, 0.2) is 29.1 Å². The highest BCUT2D eigenvalue weighted by atomic mass is 32.1. The minimum Gasteiger partial charge on any atom is -0.310 e. The zero-order valence-electron chi connectivity index (χ0n) is 15.0. The number of fused-ring (bicyclic) bond motifs is 1. The topological polar surface area (TPSA) is 72.9 Å². The number of H-pyrrole nitrogens is 1. The maximum atomic E-state index is 12.3. The molecule has 1 aliphatic rings. The highest BCUT2D eigenvalue weighted by Crippen LogP contribution is 2.38. The van der Waals surface area contributed by atoms with Gasteiger partial charge in [0.2, 0.25) is 4.77 Å². The number of benzene rings is 1. The summed E-state index contributed by atoms with van der Waals surface area (Å²) in [4.78, 5) is 21.0. The third kappa shape index (κ3) is 3.22. The van der Waals surface area contributed by atoms with E-state index in [-0.39, 0.29) is 5.56 Å². The summed E-state index contributed by atoms with van der Waals surface area (Å²) in [5, 5.41) is 5.35. The standard InChI is InChI=1S/C18H22N6OS/c1-3-23(11-24-18(26)22(2)16(21-24)12-8-9-12)10-15-19-14-7-5-4-6-13(14)17(25)20-15/h4-7,12H,3,8-11H2,1-2H3,(H,19,20,25)/p+1. The monoisotopic (exact) mass is 371 g/mol. The van der Waals surface area contributed by atoms with Crippen molar-refractivity contribution in [3.05, 3.63) is 51.0 Å². The Morgan fingerprint density at radius 2 is 2.12 bits per heavy atom. The first-order valence-corrected chi connectivity index (χ1v) is 9.43. The van der Waals surface area contributed by atoms with Crippen molar-refractivity contribution in [2.45, 2.75) is 38.9 Å². The first-order chi connectivity index (χ1) is 12.6. The zero-order chi connectivity index (χ0) is 18.3. The Balaban J connectivity index is 1.58. The van der Waals surface area contributed by atoms with Crippen molar-refractivity contribution in [2.75, 3.05) is 6.54 Å². The van der Waals surface area contributed by atoms with Gasteiger partial charge >= 0.3 is 0 Å².